The number of rotatable bonds is 5. The van der Waals surface area contributed by atoms with Gasteiger partial charge in [-0.2, -0.15) is 5.26 Å². The van der Waals surface area contributed by atoms with Gasteiger partial charge in [-0.05, 0) is 37.1 Å². The average molecular weight is 330 g/mol. The van der Waals surface area contributed by atoms with Crippen LogP contribution in [0.1, 0.15) is 25.3 Å². The van der Waals surface area contributed by atoms with Crippen molar-refractivity contribution >= 4 is 23.6 Å². The lowest BCUT2D eigenvalue weighted by Crippen LogP contribution is -2.50. The highest BCUT2D eigenvalue weighted by Crippen LogP contribution is 2.22. The van der Waals surface area contributed by atoms with Crippen molar-refractivity contribution in [3.05, 3.63) is 29.8 Å². The molecule has 0 saturated carbocycles. The van der Waals surface area contributed by atoms with Gasteiger partial charge >= 0.3 is 12.0 Å². The normalized spacial score (nSPS) is 17.9. The number of carboxylic acids is 1. The third-order valence-corrected chi connectivity index (χ3v) is 3.83. The van der Waals surface area contributed by atoms with Crippen LogP contribution in [-0.2, 0) is 9.59 Å². The van der Waals surface area contributed by atoms with Crippen LogP contribution in [-0.4, -0.2) is 41.6 Å². The van der Waals surface area contributed by atoms with E-state index in [1.807, 2.05) is 6.07 Å². The first-order valence-electron chi connectivity index (χ1n) is 7.57. The molecule has 2 atom stereocenters. The Bertz CT molecular complexity index is 680. The van der Waals surface area contributed by atoms with Crippen molar-refractivity contribution in [3.8, 4) is 6.07 Å². The molecule has 126 valence electrons. The Kier molecular flexibility index (Phi) is 5.37. The van der Waals surface area contributed by atoms with E-state index in [2.05, 4.69) is 10.6 Å². The Morgan fingerprint density at radius 3 is 2.62 bits per heavy atom. The van der Waals surface area contributed by atoms with Gasteiger partial charge in [-0.1, -0.05) is 6.92 Å². The lowest BCUT2D eigenvalue weighted by Gasteiger charge is -2.18. The van der Waals surface area contributed by atoms with Gasteiger partial charge < -0.3 is 20.6 Å². The number of urea groups is 1. The van der Waals surface area contributed by atoms with Gasteiger partial charge in [0.2, 0.25) is 5.91 Å². The van der Waals surface area contributed by atoms with Crippen LogP contribution in [0.15, 0.2) is 24.3 Å². The molecule has 3 amide bonds. The van der Waals surface area contributed by atoms with E-state index >= 15 is 0 Å². The van der Waals surface area contributed by atoms with Crippen LogP contribution in [0.3, 0.4) is 0 Å². The molecule has 24 heavy (non-hydrogen) atoms. The van der Waals surface area contributed by atoms with E-state index < -0.39 is 24.1 Å². The maximum absolute atomic E-state index is 12.4. The topological polar surface area (TPSA) is 123 Å². The Hall–Kier alpha value is -3.08. The smallest absolute Gasteiger partial charge is 0.326 e. The lowest BCUT2D eigenvalue weighted by atomic mass is 10.2. The SMILES string of the molecule is CC[C@@H](NC(=O)N[C@H]1CCN(c2ccc(C#N)cc2)C1=O)C(=O)O. The number of nitrogens with one attached hydrogen (secondary N) is 2. The van der Waals surface area contributed by atoms with Gasteiger partial charge in [-0.3, -0.25) is 4.79 Å². The highest BCUT2D eigenvalue weighted by atomic mass is 16.4. The highest BCUT2D eigenvalue weighted by Gasteiger charge is 2.34. The number of hydrogen-bond acceptors (Lipinski definition) is 4. The Balaban J connectivity index is 1.97. The largest absolute Gasteiger partial charge is 0.480 e. The van der Waals surface area contributed by atoms with E-state index in [4.69, 9.17) is 10.4 Å². The van der Waals surface area contributed by atoms with E-state index in [0.29, 0.717) is 24.2 Å². The summed E-state index contributed by atoms with van der Waals surface area (Å²) in [6.45, 7) is 2.08. The molecule has 1 aliphatic rings. The summed E-state index contributed by atoms with van der Waals surface area (Å²) in [5.41, 5.74) is 1.15. The van der Waals surface area contributed by atoms with Crippen LogP contribution < -0.4 is 15.5 Å². The Morgan fingerprint density at radius 2 is 2.08 bits per heavy atom. The second kappa shape index (κ2) is 7.46. The highest BCUT2D eigenvalue weighted by molar-refractivity contribution is 6.01. The molecule has 1 aliphatic heterocycles. The molecule has 1 saturated heterocycles. The van der Waals surface area contributed by atoms with Crippen molar-refractivity contribution in [2.75, 3.05) is 11.4 Å². The van der Waals surface area contributed by atoms with Gasteiger partial charge in [0.05, 0.1) is 11.6 Å². The molecular weight excluding hydrogens is 312 g/mol. The average Bonchev–Trinajstić information content (AvgIpc) is 2.93. The van der Waals surface area contributed by atoms with Crippen LogP contribution in [0.5, 0.6) is 0 Å². The Labute approximate surface area is 139 Å². The molecule has 3 N–H and O–H groups in total. The Morgan fingerprint density at radius 1 is 1.42 bits per heavy atom. The maximum atomic E-state index is 12.4. The number of nitrogens with zero attached hydrogens (tertiary/aromatic N) is 2. The second-order valence-corrected chi connectivity index (χ2v) is 5.41. The third-order valence-electron chi connectivity index (χ3n) is 3.83. The van der Waals surface area contributed by atoms with Gasteiger partial charge in [-0.25, -0.2) is 9.59 Å². The zero-order valence-corrected chi connectivity index (χ0v) is 13.2. The monoisotopic (exact) mass is 330 g/mol. The number of carbonyl (C=O) groups excluding carboxylic acids is 2. The fraction of sp³-hybridized carbons (Fsp3) is 0.375. The van der Waals surface area contributed by atoms with E-state index in [0.717, 1.165) is 0 Å². The van der Waals surface area contributed by atoms with Gasteiger partial charge in [0.1, 0.15) is 12.1 Å². The number of benzene rings is 1. The fourth-order valence-electron chi connectivity index (χ4n) is 2.48. The van der Waals surface area contributed by atoms with Gasteiger partial charge in [0, 0.05) is 12.2 Å². The fourth-order valence-corrected chi connectivity index (χ4v) is 2.48. The van der Waals surface area contributed by atoms with Crippen molar-refractivity contribution in [1.29, 1.82) is 5.26 Å². The summed E-state index contributed by atoms with van der Waals surface area (Å²) >= 11 is 0. The van der Waals surface area contributed by atoms with Crippen LogP contribution in [0.4, 0.5) is 10.5 Å². The molecule has 0 radical (unpaired) electrons. The van der Waals surface area contributed by atoms with E-state index in [9.17, 15) is 14.4 Å². The number of hydrogen-bond donors (Lipinski definition) is 3. The van der Waals surface area contributed by atoms with Gasteiger partial charge in [0.15, 0.2) is 0 Å². The van der Waals surface area contributed by atoms with E-state index in [-0.39, 0.29) is 12.3 Å². The van der Waals surface area contributed by atoms with Crippen LogP contribution >= 0.6 is 0 Å². The van der Waals surface area contributed by atoms with Crippen molar-refractivity contribution < 1.29 is 19.5 Å². The summed E-state index contributed by atoms with van der Waals surface area (Å²) < 4.78 is 0. The zero-order valence-electron chi connectivity index (χ0n) is 13.2. The number of nitriles is 1. The number of carboxylic acid groups (broad SMARTS) is 1. The van der Waals surface area contributed by atoms with Crippen LogP contribution in [0, 0.1) is 11.3 Å². The molecule has 1 aromatic rings. The van der Waals surface area contributed by atoms with Gasteiger partial charge in [-0.15, -0.1) is 0 Å². The van der Waals surface area contributed by atoms with Crippen LogP contribution in [0.2, 0.25) is 0 Å². The molecule has 1 aromatic carbocycles. The first kappa shape index (κ1) is 17.3. The zero-order chi connectivity index (χ0) is 17.7. The standard InChI is InChI=1S/C16H18N4O4/c1-2-12(15(22)23)18-16(24)19-13-7-8-20(14(13)21)11-5-3-10(9-17)4-6-11/h3-6,12-13H,2,7-8H2,1H3,(H,22,23)(H2,18,19,24)/t12-,13+/m1/s1. The van der Waals surface area contributed by atoms with Crippen molar-refractivity contribution in [2.24, 2.45) is 0 Å². The molecule has 0 aliphatic carbocycles. The molecule has 0 aromatic heterocycles. The van der Waals surface area contributed by atoms with Crippen molar-refractivity contribution in [1.82, 2.24) is 10.6 Å². The predicted octanol–water partition coefficient (Wildman–Crippen LogP) is 0.826. The van der Waals surface area contributed by atoms with Crippen molar-refractivity contribution in [2.45, 2.75) is 31.8 Å². The molecule has 0 spiro atoms. The summed E-state index contributed by atoms with van der Waals surface area (Å²) in [7, 11) is 0. The first-order valence-corrected chi connectivity index (χ1v) is 7.57. The molecule has 1 heterocycles. The predicted molar refractivity (Wildman–Crippen MR) is 85.3 cm³/mol. The molecule has 0 unspecified atom stereocenters. The van der Waals surface area contributed by atoms with Crippen molar-refractivity contribution in [3.63, 3.8) is 0 Å². The van der Waals surface area contributed by atoms with Crippen LogP contribution in [0.25, 0.3) is 0 Å². The number of amides is 3. The number of aliphatic carboxylic acids is 1. The number of carbonyl (C=O) groups is 3. The lowest BCUT2D eigenvalue weighted by molar-refractivity contribution is -0.139. The van der Waals surface area contributed by atoms with E-state index in [1.54, 1.807) is 31.2 Å². The third kappa shape index (κ3) is 3.81. The van der Waals surface area contributed by atoms with E-state index in [1.165, 1.54) is 4.90 Å². The maximum Gasteiger partial charge on any atom is 0.326 e. The summed E-state index contributed by atoms with van der Waals surface area (Å²) in [4.78, 5) is 36.7. The molecule has 1 fully saturated rings. The summed E-state index contributed by atoms with van der Waals surface area (Å²) in [5, 5.41) is 22.6. The summed E-state index contributed by atoms with van der Waals surface area (Å²) in [6.07, 6.45) is 0.675. The quantitative estimate of drug-likeness (QED) is 0.738. The molecular formula is C16H18N4O4. The summed E-state index contributed by atoms with van der Waals surface area (Å²) in [6, 6.07) is 6.23. The minimum Gasteiger partial charge on any atom is -0.480 e. The minimum absolute atomic E-state index is 0.249. The molecule has 2 rings (SSSR count). The first-order chi connectivity index (χ1) is 11.5. The molecule has 8 nitrogen and oxygen atoms in total. The second-order valence-electron chi connectivity index (χ2n) is 5.41. The summed E-state index contributed by atoms with van der Waals surface area (Å²) in [5.74, 6) is -1.39. The molecule has 0 bridgehead atoms. The minimum atomic E-state index is -1.12. The number of anilines is 1. The molecule has 8 heteroatoms. The van der Waals surface area contributed by atoms with Gasteiger partial charge in [0.25, 0.3) is 0 Å².